The maximum atomic E-state index is 9.00. The Balaban J connectivity index is 2.19. The first kappa shape index (κ1) is 12.3. The van der Waals surface area contributed by atoms with E-state index in [0.717, 1.165) is 17.8 Å². The van der Waals surface area contributed by atoms with Gasteiger partial charge in [0, 0.05) is 24.1 Å². The molecule has 0 atom stereocenters. The summed E-state index contributed by atoms with van der Waals surface area (Å²) in [4.78, 5) is 0. The van der Waals surface area contributed by atoms with Crippen molar-refractivity contribution in [2.24, 2.45) is 7.05 Å². The molecule has 0 aliphatic carbocycles. The molecule has 2 aromatic heterocycles. The van der Waals surface area contributed by atoms with E-state index in [1.807, 2.05) is 24.6 Å². The van der Waals surface area contributed by atoms with Crippen LogP contribution < -0.4 is 5.43 Å². The van der Waals surface area contributed by atoms with Gasteiger partial charge in [-0.15, -0.1) is 0 Å². The normalized spacial score (nSPS) is 10.4. The molecule has 0 spiro atoms. The van der Waals surface area contributed by atoms with Crippen molar-refractivity contribution >= 4 is 0 Å². The lowest BCUT2D eigenvalue weighted by molar-refractivity contribution is 0.782. The van der Waals surface area contributed by atoms with Gasteiger partial charge in [0.05, 0.1) is 6.54 Å². The van der Waals surface area contributed by atoms with E-state index >= 15 is 0 Å². The van der Waals surface area contributed by atoms with Gasteiger partial charge in [-0.1, -0.05) is 0 Å². The molecule has 0 amide bonds. The van der Waals surface area contributed by atoms with E-state index in [4.69, 9.17) is 5.26 Å². The van der Waals surface area contributed by atoms with Gasteiger partial charge in [0.15, 0.2) is 0 Å². The number of aryl methyl sites for hydroxylation is 2. The zero-order valence-corrected chi connectivity index (χ0v) is 11.3. The first-order chi connectivity index (χ1) is 8.54. The molecule has 18 heavy (non-hydrogen) atoms. The highest BCUT2D eigenvalue weighted by molar-refractivity contribution is 5.34. The van der Waals surface area contributed by atoms with E-state index in [9.17, 15) is 0 Å². The zero-order valence-electron chi connectivity index (χ0n) is 11.3. The van der Waals surface area contributed by atoms with Gasteiger partial charge in [-0.05, 0) is 44.5 Å². The average molecular weight is 242 g/mol. The largest absolute Gasteiger partial charge is 0.340 e. The van der Waals surface area contributed by atoms with Gasteiger partial charge in [-0.2, -0.15) is 5.26 Å². The van der Waals surface area contributed by atoms with Crippen LogP contribution in [-0.2, 0) is 13.6 Å². The Morgan fingerprint density at radius 3 is 2.33 bits per heavy atom. The fraction of sp³-hybridized carbons (Fsp3) is 0.357. The summed E-state index contributed by atoms with van der Waals surface area (Å²) in [6, 6.07) is 8.31. The number of rotatable bonds is 3. The molecule has 0 fully saturated rings. The number of nitrogens with one attached hydrogen (secondary N) is 1. The molecule has 2 rings (SSSR count). The van der Waals surface area contributed by atoms with Crippen molar-refractivity contribution in [3.05, 3.63) is 46.5 Å². The number of nitrogens with zero attached hydrogens (tertiary/aromatic N) is 3. The highest BCUT2D eigenvalue weighted by atomic mass is 15.4. The van der Waals surface area contributed by atoms with Crippen LogP contribution in [0, 0.1) is 32.1 Å². The van der Waals surface area contributed by atoms with E-state index in [2.05, 4.69) is 42.2 Å². The Morgan fingerprint density at radius 1 is 1.22 bits per heavy atom. The molecular weight excluding hydrogens is 224 g/mol. The molecule has 0 aliphatic rings. The molecule has 4 nitrogen and oxygen atoms in total. The number of hydrogen-bond donors (Lipinski definition) is 1. The molecule has 2 aromatic rings. The van der Waals surface area contributed by atoms with Crippen LogP contribution in [0.2, 0.25) is 0 Å². The topological polar surface area (TPSA) is 45.7 Å². The fourth-order valence-electron chi connectivity index (χ4n) is 2.13. The Hall–Kier alpha value is -2.15. The lowest BCUT2D eigenvalue weighted by atomic mass is 10.2. The summed E-state index contributed by atoms with van der Waals surface area (Å²) in [6.45, 7) is 6.89. The second-order valence-corrected chi connectivity index (χ2v) is 4.60. The van der Waals surface area contributed by atoms with E-state index < -0.39 is 0 Å². The van der Waals surface area contributed by atoms with Crippen LogP contribution in [0.4, 0.5) is 0 Å². The Morgan fingerprint density at radius 2 is 1.83 bits per heavy atom. The van der Waals surface area contributed by atoms with Crippen molar-refractivity contribution in [2.45, 2.75) is 27.3 Å². The lowest BCUT2D eigenvalue weighted by Gasteiger charge is -2.12. The molecule has 94 valence electrons. The highest BCUT2D eigenvalue weighted by Crippen LogP contribution is 2.14. The lowest BCUT2D eigenvalue weighted by Crippen LogP contribution is -2.17. The fourth-order valence-corrected chi connectivity index (χ4v) is 2.13. The molecule has 2 heterocycles. The zero-order chi connectivity index (χ0) is 13.3. The van der Waals surface area contributed by atoms with E-state index in [1.165, 1.54) is 11.4 Å². The third kappa shape index (κ3) is 2.00. The summed E-state index contributed by atoms with van der Waals surface area (Å²) in [7, 11) is 1.92. The molecule has 4 heteroatoms. The highest BCUT2D eigenvalue weighted by Gasteiger charge is 2.08. The van der Waals surface area contributed by atoms with Crippen LogP contribution >= 0.6 is 0 Å². The van der Waals surface area contributed by atoms with Crippen molar-refractivity contribution in [3.63, 3.8) is 0 Å². The minimum Gasteiger partial charge on any atom is -0.340 e. The number of nitriles is 1. The second-order valence-electron chi connectivity index (χ2n) is 4.60. The second kappa shape index (κ2) is 4.61. The molecule has 0 aromatic carbocycles. The third-order valence-corrected chi connectivity index (χ3v) is 3.45. The number of hydrogen-bond acceptors (Lipinski definition) is 2. The molecule has 0 radical (unpaired) electrons. The minimum atomic E-state index is 0.699. The Kier molecular flexibility index (Phi) is 3.15. The van der Waals surface area contributed by atoms with Crippen molar-refractivity contribution in [2.75, 3.05) is 5.43 Å². The van der Waals surface area contributed by atoms with Gasteiger partial charge in [-0.25, -0.2) is 0 Å². The first-order valence-corrected chi connectivity index (χ1v) is 5.98. The molecule has 0 aliphatic heterocycles. The molecule has 0 unspecified atom stereocenters. The molecular formula is C14H18N4. The Bertz CT molecular complexity index is 591. The van der Waals surface area contributed by atoms with Crippen molar-refractivity contribution in [1.29, 1.82) is 5.26 Å². The smallest absolute Gasteiger partial charge is 0.120 e. The van der Waals surface area contributed by atoms with E-state index in [0.29, 0.717) is 5.69 Å². The SMILES string of the molecule is Cc1c(CNn2c(C)ccc2C)cc(C#N)n1C. The van der Waals surface area contributed by atoms with E-state index in [-0.39, 0.29) is 0 Å². The standard InChI is InChI=1S/C14H18N4/c1-10-5-6-11(2)18(10)16-9-13-7-14(8-15)17(4)12(13)3/h5-7,16H,9H2,1-4H3. The summed E-state index contributed by atoms with van der Waals surface area (Å²) in [6.07, 6.45) is 0. The molecule has 1 N–H and O–H groups in total. The summed E-state index contributed by atoms with van der Waals surface area (Å²) >= 11 is 0. The van der Waals surface area contributed by atoms with Crippen molar-refractivity contribution in [1.82, 2.24) is 9.24 Å². The quantitative estimate of drug-likeness (QED) is 0.898. The monoisotopic (exact) mass is 242 g/mol. The third-order valence-electron chi connectivity index (χ3n) is 3.45. The predicted octanol–water partition coefficient (Wildman–Crippen LogP) is 2.37. The van der Waals surface area contributed by atoms with Gasteiger partial charge in [0.1, 0.15) is 11.8 Å². The van der Waals surface area contributed by atoms with Crippen molar-refractivity contribution in [3.8, 4) is 6.07 Å². The van der Waals surface area contributed by atoms with Crippen LogP contribution in [0.15, 0.2) is 18.2 Å². The van der Waals surface area contributed by atoms with Crippen LogP contribution in [-0.4, -0.2) is 9.24 Å². The van der Waals surface area contributed by atoms with Gasteiger partial charge in [-0.3, -0.25) is 4.68 Å². The number of aromatic nitrogens is 2. The Labute approximate surface area is 107 Å². The van der Waals surface area contributed by atoms with Crippen LogP contribution in [0.5, 0.6) is 0 Å². The van der Waals surface area contributed by atoms with Gasteiger partial charge >= 0.3 is 0 Å². The van der Waals surface area contributed by atoms with Crippen LogP contribution in [0.25, 0.3) is 0 Å². The van der Waals surface area contributed by atoms with Gasteiger partial charge in [0.25, 0.3) is 0 Å². The predicted molar refractivity (Wildman–Crippen MR) is 71.8 cm³/mol. The minimum absolute atomic E-state index is 0.699. The first-order valence-electron chi connectivity index (χ1n) is 5.98. The van der Waals surface area contributed by atoms with Gasteiger partial charge in [0.2, 0.25) is 0 Å². The maximum Gasteiger partial charge on any atom is 0.120 e. The van der Waals surface area contributed by atoms with Crippen molar-refractivity contribution < 1.29 is 0 Å². The average Bonchev–Trinajstić information content (AvgIpc) is 2.81. The molecule has 0 saturated carbocycles. The molecule has 0 saturated heterocycles. The summed E-state index contributed by atoms with van der Waals surface area (Å²) in [5.41, 5.74) is 8.72. The molecule has 0 bridgehead atoms. The van der Waals surface area contributed by atoms with E-state index in [1.54, 1.807) is 0 Å². The summed E-state index contributed by atoms with van der Waals surface area (Å²) < 4.78 is 3.99. The summed E-state index contributed by atoms with van der Waals surface area (Å²) in [5.74, 6) is 0. The summed E-state index contributed by atoms with van der Waals surface area (Å²) in [5, 5.41) is 9.00. The maximum absolute atomic E-state index is 9.00. The van der Waals surface area contributed by atoms with Gasteiger partial charge < -0.3 is 9.99 Å². The van der Waals surface area contributed by atoms with Crippen LogP contribution in [0.3, 0.4) is 0 Å². The van der Waals surface area contributed by atoms with Crippen LogP contribution in [0.1, 0.15) is 28.3 Å².